The average Bonchev–Trinajstić information content (AvgIpc) is 2.47. The van der Waals surface area contributed by atoms with E-state index in [-0.39, 0.29) is 5.41 Å². The third-order valence-corrected chi connectivity index (χ3v) is 3.43. The SMILES string of the molecule is C=CC(C)(C)COc1ccc(-c2ccccc2)cc1C. The van der Waals surface area contributed by atoms with Gasteiger partial charge in [0.2, 0.25) is 0 Å². The van der Waals surface area contributed by atoms with Crippen LogP contribution < -0.4 is 4.74 Å². The first kappa shape index (κ1) is 14.4. The van der Waals surface area contributed by atoms with Crippen LogP contribution in [0, 0.1) is 12.3 Å². The van der Waals surface area contributed by atoms with E-state index in [9.17, 15) is 0 Å². The van der Waals surface area contributed by atoms with Crippen LogP contribution in [0.1, 0.15) is 19.4 Å². The molecular weight excluding hydrogens is 244 g/mol. The van der Waals surface area contributed by atoms with Gasteiger partial charge in [-0.2, -0.15) is 0 Å². The number of hydrogen-bond donors (Lipinski definition) is 0. The summed E-state index contributed by atoms with van der Waals surface area (Å²) in [5.74, 6) is 0.944. The molecule has 2 aromatic carbocycles. The fraction of sp³-hybridized carbons (Fsp3) is 0.263. The zero-order chi connectivity index (χ0) is 14.6. The van der Waals surface area contributed by atoms with E-state index < -0.39 is 0 Å². The molecule has 0 amide bonds. The summed E-state index contributed by atoms with van der Waals surface area (Å²) in [4.78, 5) is 0. The summed E-state index contributed by atoms with van der Waals surface area (Å²) < 4.78 is 5.91. The van der Waals surface area contributed by atoms with Crippen molar-refractivity contribution in [3.05, 3.63) is 66.7 Å². The molecule has 0 spiro atoms. The number of hydrogen-bond acceptors (Lipinski definition) is 1. The Morgan fingerprint density at radius 3 is 2.35 bits per heavy atom. The molecule has 0 bridgehead atoms. The van der Waals surface area contributed by atoms with Crippen molar-refractivity contribution < 1.29 is 4.74 Å². The molecule has 2 rings (SSSR count). The van der Waals surface area contributed by atoms with E-state index in [0.29, 0.717) is 6.61 Å². The normalized spacial score (nSPS) is 11.2. The summed E-state index contributed by atoms with van der Waals surface area (Å²) in [6, 6.07) is 16.7. The van der Waals surface area contributed by atoms with Gasteiger partial charge in [0, 0.05) is 5.41 Å². The quantitative estimate of drug-likeness (QED) is 0.671. The maximum Gasteiger partial charge on any atom is 0.122 e. The number of ether oxygens (including phenoxy) is 1. The molecule has 0 atom stereocenters. The maximum absolute atomic E-state index is 5.91. The van der Waals surface area contributed by atoms with Crippen molar-refractivity contribution in [2.75, 3.05) is 6.61 Å². The standard InChI is InChI=1S/C19H22O/c1-5-19(3,4)14-20-18-12-11-17(13-15(18)2)16-9-7-6-8-10-16/h5-13H,1,14H2,2-4H3. The van der Waals surface area contributed by atoms with E-state index in [1.165, 1.54) is 11.1 Å². The minimum atomic E-state index is -0.00938. The summed E-state index contributed by atoms with van der Waals surface area (Å²) in [5, 5.41) is 0. The Hall–Kier alpha value is -2.02. The average molecular weight is 266 g/mol. The largest absolute Gasteiger partial charge is 0.492 e. The molecule has 104 valence electrons. The van der Waals surface area contributed by atoms with E-state index in [4.69, 9.17) is 4.74 Å². The topological polar surface area (TPSA) is 9.23 Å². The lowest BCUT2D eigenvalue weighted by atomic mass is 9.95. The minimum Gasteiger partial charge on any atom is -0.492 e. The molecule has 0 radical (unpaired) electrons. The predicted molar refractivity (Wildman–Crippen MR) is 86.1 cm³/mol. The second-order valence-corrected chi connectivity index (χ2v) is 5.83. The van der Waals surface area contributed by atoms with Crippen molar-refractivity contribution in [2.24, 2.45) is 5.41 Å². The predicted octanol–water partition coefficient (Wildman–Crippen LogP) is 5.25. The molecule has 0 N–H and O–H groups in total. The van der Waals surface area contributed by atoms with Gasteiger partial charge in [-0.25, -0.2) is 0 Å². The van der Waals surface area contributed by atoms with Crippen molar-refractivity contribution in [3.63, 3.8) is 0 Å². The molecule has 0 saturated heterocycles. The molecule has 1 nitrogen and oxygen atoms in total. The Labute approximate surface area is 121 Å². The summed E-state index contributed by atoms with van der Waals surface area (Å²) in [6.45, 7) is 10.8. The van der Waals surface area contributed by atoms with Gasteiger partial charge in [-0.05, 0) is 35.7 Å². The molecule has 0 saturated carbocycles. The van der Waals surface area contributed by atoms with Crippen LogP contribution in [0.25, 0.3) is 11.1 Å². The van der Waals surface area contributed by atoms with E-state index in [2.05, 4.69) is 69.8 Å². The third-order valence-electron chi connectivity index (χ3n) is 3.43. The van der Waals surface area contributed by atoms with Crippen LogP contribution in [-0.2, 0) is 0 Å². The van der Waals surface area contributed by atoms with Gasteiger partial charge in [-0.15, -0.1) is 6.58 Å². The van der Waals surface area contributed by atoms with Crippen LogP contribution in [0.2, 0.25) is 0 Å². The summed E-state index contributed by atoms with van der Waals surface area (Å²) >= 11 is 0. The molecule has 0 aliphatic carbocycles. The van der Waals surface area contributed by atoms with Gasteiger partial charge in [0.05, 0.1) is 6.61 Å². The van der Waals surface area contributed by atoms with Crippen LogP contribution in [0.15, 0.2) is 61.2 Å². The van der Waals surface area contributed by atoms with E-state index in [1.54, 1.807) is 0 Å². The van der Waals surface area contributed by atoms with Gasteiger partial charge in [-0.3, -0.25) is 0 Å². The number of rotatable bonds is 5. The molecule has 1 heteroatoms. The molecule has 0 aliphatic rings. The first-order valence-electron chi connectivity index (χ1n) is 6.94. The van der Waals surface area contributed by atoms with E-state index in [0.717, 1.165) is 11.3 Å². The van der Waals surface area contributed by atoms with Crippen LogP contribution in [0.4, 0.5) is 0 Å². The van der Waals surface area contributed by atoms with Crippen LogP contribution in [-0.4, -0.2) is 6.61 Å². The molecular formula is C19H22O. The highest BCUT2D eigenvalue weighted by molar-refractivity contribution is 5.65. The summed E-state index contributed by atoms with van der Waals surface area (Å²) in [5.41, 5.74) is 3.60. The Balaban J connectivity index is 2.17. The van der Waals surface area contributed by atoms with Gasteiger partial charge in [0.1, 0.15) is 5.75 Å². The monoisotopic (exact) mass is 266 g/mol. The Morgan fingerprint density at radius 2 is 1.75 bits per heavy atom. The minimum absolute atomic E-state index is 0.00938. The lowest BCUT2D eigenvalue weighted by molar-refractivity contribution is 0.221. The van der Waals surface area contributed by atoms with Crippen LogP contribution in [0.5, 0.6) is 5.75 Å². The second-order valence-electron chi connectivity index (χ2n) is 5.83. The lowest BCUT2D eigenvalue weighted by Crippen LogP contribution is -2.18. The highest BCUT2D eigenvalue weighted by atomic mass is 16.5. The molecule has 0 unspecified atom stereocenters. The molecule has 2 aromatic rings. The van der Waals surface area contributed by atoms with E-state index in [1.807, 2.05) is 12.1 Å². The van der Waals surface area contributed by atoms with Crippen molar-refractivity contribution in [2.45, 2.75) is 20.8 Å². The van der Waals surface area contributed by atoms with Gasteiger partial charge >= 0.3 is 0 Å². The van der Waals surface area contributed by atoms with Crippen molar-refractivity contribution >= 4 is 0 Å². The maximum atomic E-state index is 5.91. The van der Waals surface area contributed by atoms with Crippen molar-refractivity contribution in [3.8, 4) is 16.9 Å². The molecule has 0 heterocycles. The van der Waals surface area contributed by atoms with Crippen molar-refractivity contribution in [1.29, 1.82) is 0 Å². The Morgan fingerprint density at radius 1 is 1.05 bits per heavy atom. The summed E-state index contributed by atoms with van der Waals surface area (Å²) in [6.07, 6.45) is 1.93. The van der Waals surface area contributed by atoms with Crippen molar-refractivity contribution in [1.82, 2.24) is 0 Å². The second kappa shape index (κ2) is 5.96. The van der Waals surface area contributed by atoms with Crippen LogP contribution >= 0.6 is 0 Å². The first-order valence-corrected chi connectivity index (χ1v) is 6.94. The Bertz CT molecular complexity index is 582. The van der Waals surface area contributed by atoms with Gasteiger partial charge in [-0.1, -0.05) is 56.3 Å². The fourth-order valence-corrected chi connectivity index (χ4v) is 1.94. The van der Waals surface area contributed by atoms with Gasteiger partial charge in [0.25, 0.3) is 0 Å². The zero-order valence-electron chi connectivity index (χ0n) is 12.5. The molecule has 0 aromatic heterocycles. The first-order chi connectivity index (χ1) is 9.52. The third kappa shape index (κ3) is 3.51. The van der Waals surface area contributed by atoms with Gasteiger partial charge < -0.3 is 4.74 Å². The highest BCUT2D eigenvalue weighted by Crippen LogP contribution is 2.27. The lowest BCUT2D eigenvalue weighted by Gasteiger charge is -2.21. The van der Waals surface area contributed by atoms with Gasteiger partial charge in [0.15, 0.2) is 0 Å². The molecule has 0 fully saturated rings. The smallest absolute Gasteiger partial charge is 0.122 e. The highest BCUT2D eigenvalue weighted by Gasteiger charge is 2.14. The number of aryl methyl sites for hydroxylation is 1. The zero-order valence-corrected chi connectivity index (χ0v) is 12.5. The molecule has 0 aliphatic heterocycles. The Kier molecular flexibility index (Phi) is 4.29. The van der Waals surface area contributed by atoms with Crippen LogP contribution in [0.3, 0.4) is 0 Å². The molecule has 20 heavy (non-hydrogen) atoms. The summed E-state index contributed by atoms with van der Waals surface area (Å²) in [7, 11) is 0. The fourth-order valence-electron chi connectivity index (χ4n) is 1.94. The van der Waals surface area contributed by atoms with E-state index >= 15 is 0 Å². The number of benzene rings is 2.